The molecule has 4 rings (SSSR count). The number of hydrogen-bond donors (Lipinski definition) is 0. The van der Waals surface area contributed by atoms with Crippen LogP contribution in [0.1, 0.15) is 38.9 Å². The molecule has 0 atom stereocenters. The Morgan fingerprint density at radius 1 is 0.771 bits per heavy atom. The Hall–Kier alpha value is -1.87. The van der Waals surface area contributed by atoms with Gasteiger partial charge in [-0.25, -0.2) is 0 Å². The number of para-hydroxylation sites is 1. The summed E-state index contributed by atoms with van der Waals surface area (Å²) in [7, 11) is 13.3. The first kappa shape index (κ1) is 27.7. The molecule has 0 aromatic heterocycles. The summed E-state index contributed by atoms with van der Waals surface area (Å²) in [4.78, 5) is 4.81. The van der Waals surface area contributed by atoms with Gasteiger partial charge in [0.25, 0.3) is 0 Å². The summed E-state index contributed by atoms with van der Waals surface area (Å²) in [6.45, 7) is 17.6. The first-order valence-electron chi connectivity index (χ1n) is 11.7. The topological polar surface area (TPSA) is 19.3 Å². The maximum absolute atomic E-state index is 5.75. The van der Waals surface area contributed by atoms with Gasteiger partial charge in [0.1, 0.15) is 0 Å². The molecule has 1 aliphatic rings. The number of anilines is 2. The van der Waals surface area contributed by atoms with Crippen LogP contribution < -0.4 is 9.80 Å². The Labute approximate surface area is 224 Å². The third-order valence-corrected chi connectivity index (χ3v) is 7.90. The second-order valence-corrected chi connectivity index (χ2v) is 14.8. The second kappa shape index (κ2) is 12.4. The van der Waals surface area contributed by atoms with Crippen LogP contribution in [0.25, 0.3) is 0 Å². The van der Waals surface area contributed by atoms with Crippen LogP contribution in [0.4, 0.5) is 11.4 Å². The van der Waals surface area contributed by atoms with E-state index in [4.69, 9.17) is 19.4 Å². The van der Waals surface area contributed by atoms with Gasteiger partial charge in [0.2, 0.25) is 0 Å². The molecule has 3 nitrogen and oxygen atoms in total. The second-order valence-electron chi connectivity index (χ2n) is 9.09. The van der Waals surface area contributed by atoms with Crippen LogP contribution >= 0.6 is 19.4 Å². The van der Waals surface area contributed by atoms with E-state index in [1.54, 1.807) is 7.11 Å². The fraction of sp³-hybridized carbons (Fsp3) is 0.310. The molecule has 1 heterocycles. The predicted molar refractivity (Wildman–Crippen MR) is 151 cm³/mol. The van der Waals surface area contributed by atoms with Crippen LogP contribution in [0, 0.1) is 48.2 Å². The van der Waals surface area contributed by atoms with Crippen molar-refractivity contribution in [3.05, 3.63) is 94.1 Å². The molecule has 0 radical (unpaired) electrons. The van der Waals surface area contributed by atoms with Gasteiger partial charge >= 0.3 is 84.9 Å². The van der Waals surface area contributed by atoms with Crippen LogP contribution in [0.5, 0.6) is 5.75 Å². The fourth-order valence-corrected chi connectivity index (χ4v) is 6.77. The average molecular weight is 601 g/mol. The third-order valence-electron chi connectivity index (χ3n) is 6.07. The average Bonchev–Trinajstić information content (AvgIpc) is 3.21. The minimum absolute atomic E-state index is 0.942. The first-order valence-corrected chi connectivity index (χ1v) is 17.1. The zero-order valence-electron chi connectivity index (χ0n) is 21.6. The zero-order valence-corrected chi connectivity index (χ0v) is 24.9. The minimum Gasteiger partial charge on any atom is -0.502 e. The minimum atomic E-state index is -1.72. The van der Waals surface area contributed by atoms with E-state index in [0.29, 0.717) is 0 Å². The number of aryl methyl sites for hydroxylation is 6. The van der Waals surface area contributed by atoms with E-state index >= 15 is 0 Å². The van der Waals surface area contributed by atoms with Crippen molar-refractivity contribution in [1.29, 1.82) is 0 Å². The Bertz CT molecular complexity index is 1110. The van der Waals surface area contributed by atoms with Crippen molar-refractivity contribution in [3.8, 4) is 5.75 Å². The number of hydrogen-bond acceptors (Lipinski definition) is 2. The van der Waals surface area contributed by atoms with Crippen LogP contribution in [0.3, 0.4) is 0 Å². The number of rotatable bonds is 4. The van der Waals surface area contributed by atoms with Gasteiger partial charge in [-0.1, -0.05) is 35.4 Å². The quantitative estimate of drug-likeness (QED) is 0.174. The number of ether oxygens (including phenoxy) is 1. The Morgan fingerprint density at radius 2 is 1.20 bits per heavy atom. The maximum Gasteiger partial charge on any atom is 0.0146 e. The molecule has 0 unspecified atom stereocenters. The predicted octanol–water partition coefficient (Wildman–Crippen LogP) is 7.62. The Kier molecular flexibility index (Phi) is 9.81. The van der Waals surface area contributed by atoms with Crippen LogP contribution in [-0.4, -0.2) is 29.5 Å². The van der Waals surface area contributed by atoms with E-state index in [1.807, 2.05) is 28.9 Å². The smallest absolute Gasteiger partial charge is 0.0146 e. The van der Waals surface area contributed by atoms with Crippen LogP contribution in [0.2, 0.25) is 0 Å². The molecular weight excluding hydrogens is 564 g/mol. The summed E-state index contributed by atoms with van der Waals surface area (Å²) in [6, 6.07) is 16.9. The molecule has 0 aliphatic carbocycles. The van der Waals surface area contributed by atoms with E-state index in [9.17, 15) is 0 Å². The molecule has 3 aromatic carbocycles. The summed E-state index contributed by atoms with van der Waals surface area (Å²) >= 11 is -1.72. The molecule has 0 spiro atoms. The summed E-state index contributed by atoms with van der Waals surface area (Å²) in [5.41, 5.74) is 11.9. The Balaban J connectivity index is 0.000000241. The normalized spacial score (nSPS) is 13.3. The van der Waals surface area contributed by atoms with Gasteiger partial charge in [-0.05, 0) is 63.8 Å². The standard InChI is InChI=1S/C21H27N2.C8H8O.2ClH.Ru/c1-14-9-16(3)20(17(4)10-14)22-7-8-23(13-22)21-18(5)11-15(2)12-19(21)6;1-7-5-3-4-6-8(7)9-2;;;/h9-13H,7-8H2,1-6H3;1,3-6H,2H3;2*1H;/q-1;;;;+2/p-1. The zero-order chi connectivity index (χ0) is 25.7. The van der Waals surface area contributed by atoms with E-state index in [0.717, 1.165) is 24.4 Å². The van der Waals surface area contributed by atoms with Crippen molar-refractivity contribution >= 4 is 35.4 Å². The molecule has 1 fully saturated rings. The molecule has 0 bridgehead atoms. The van der Waals surface area contributed by atoms with Crippen molar-refractivity contribution in [2.45, 2.75) is 41.5 Å². The van der Waals surface area contributed by atoms with Gasteiger partial charge in [0.05, 0.1) is 0 Å². The molecular formula is C29H36Cl2N2ORu. The van der Waals surface area contributed by atoms with Gasteiger partial charge in [-0.3, -0.25) is 0 Å². The molecule has 35 heavy (non-hydrogen) atoms. The van der Waals surface area contributed by atoms with Crippen molar-refractivity contribution < 1.29 is 18.3 Å². The van der Waals surface area contributed by atoms with E-state index < -0.39 is 13.5 Å². The van der Waals surface area contributed by atoms with Gasteiger partial charge in [-0.2, -0.15) is 6.67 Å². The summed E-state index contributed by atoms with van der Waals surface area (Å²) in [5.74, 6) is 0.942. The number of benzene rings is 3. The molecule has 0 saturated carbocycles. The van der Waals surface area contributed by atoms with E-state index in [2.05, 4.69) is 87.0 Å². The monoisotopic (exact) mass is 600 g/mol. The molecule has 1 N–H and O–H groups in total. The number of halogens is 2. The summed E-state index contributed by atoms with van der Waals surface area (Å²) in [5, 5.41) is 0. The fourth-order valence-electron chi connectivity index (χ4n) is 4.95. The maximum atomic E-state index is 5.75. The molecule has 190 valence electrons. The molecule has 3 aromatic rings. The van der Waals surface area contributed by atoms with Crippen molar-refractivity contribution in [1.82, 2.24) is 0 Å². The molecule has 1 saturated heterocycles. The van der Waals surface area contributed by atoms with E-state index in [1.165, 1.54) is 44.8 Å². The summed E-state index contributed by atoms with van der Waals surface area (Å²) in [6.07, 6.45) is 0. The molecule has 0 amide bonds. The number of nitrogens with zero attached hydrogens (tertiary/aromatic N) is 2. The number of aromatic hydroxyl groups is 1. The Morgan fingerprint density at radius 3 is 1.60 bits per heavy atom. The van der Waals surface area contributed by atoms with Gasteiger partial charge in [0, 0.05) is 24.5 Å². The van der Waals surface area contributed by atoms with Gasteiger partial charge in [0.15, 0.2) is 0 Å². The molecule has 6 heteroatoms. The van der Waals surface area contributed by atoms with Crippen LogP contribution in [-0.2, 0) is 13.5 Å². The van der Waals surface area contributed by atoms with Gasteiger partial charge in [-0.15, -0.1) is 0 Å². The largest absolute Gasteiger partial charge is 0.502 e. The van der Waals surface area contributed by atoms with Gasteiger partial charge < -0.3 is 9.80 Å². The van der Waals surface area contributed by atoms with Crippen molar-refractivity contribution in [3.63, 3.8) is 0 Å². The van der Waals surface area contributed by atoms with Crippen molar-refractivity contribution in [2.75, 3.05) is 30.0 Å². The van der Waals surface area contributed by atoms with E-state index in [-0.39, 0.29) is 0 Å². The van der Waals surface area contributed by atoms with Crippen LogP contribution in [0.15, 0.2) is 48.5 Å². The SMILES string of the molecule is C[OH+]c1ccccc1[CH]=[Ru]([Cl])[Cl].Cc1cc(C)c(N2[CH-]N(c3c(C)cc(C)cc3C)CC2)c(C)c1. The third kappa shape index (κ3) is 7.09. The summed E-state index contributed by atoms with van der Waals surface area (Å²) < 4.78 is 6.00. The van der Waals surface area contributed by atoms with Crippen molar-refractivity contribution in [2.24, 2.45) is 0 Å². The molecule has 1 aliphatic heterocycles. The number of aliphatic hydroxyl groups is 1. The first-order chi connectivity index (χ1) is 16.6.